The lowest BCUT2D eigenvalue weighted by Crippen LogP contribution is -2.20. The van der Waals surface area contributed by atoms with E-state index in [4.69, 9.17) is 32.7 Å². The number of fused-ring (bicyclic) bond motifs is 1. The molecule has 0 fully saturated rings. The van der Waals surface area contributed by atoms with Gasteiger partial charge in [-0.2, -0.15) is 5.26 Å². The first-order chi connectivity index (χ1) is 17.0. The van der Waals surface area contributed by atoms with E-state index in [0.29, 0.717) is 44.4 Å². The number of benzene rings is 3. The van der Waals surface area contributed by atoms with E-state index in [9.17, 15) is 10.1 Å². The SMILES string of the molecule is CCOc1cc(/C=C(\C#N)c2nc3ccccc3s2)ccc1OCC(=O)Nc1ccc(Cl)c(Cl)c1. The molecule has 9 heteroatoms. The Bertz CT molecular complexity index is 1430. The molecule has 0 radical (unpaired) electrons. The standard InChI is InChI=1S/C26H19Cl2N3O3S/c1-2-33-23-12-16(11-17(14-29)26-31-21-5-3-4-6-24(21)35-26)7-10-22(23)34-15-25(32)30-18-8-9-19(27)20(28)13-18/h3-13H,2,15H2,1H3,(H,30,32)/b17-11+. The fourth-order valence-corrected chi connectivity index (χ4v) is 4.44. The van der Waals surface area contributed by atoms with Crippen LogP contribution in [0, 0.1) is 11.3 Å². The number of rotatable bonds is 8. The van der Waals surface area contributed by atoms with Gasteiger partial charge in [-0.15, -0.1) is 11.3 Å². The summed E-state index contributed by atoms with van der Waals surface area (Å²) in [5, 5.41) is 13.8. The third-order valence-corrected chi connectivity index (χ3v) is 6.59. The maximum atomic E-state index is 12.3. The summed E-state index contributed by atoms with van der Waals surface area (Å²) < 4.78 is 12.4. The third-order valence-electron chi connectivity index (χ3n) is 4.79. The lowest BCUT2D eigenvalue weighted by Gasteiger charge is -2.13. The van der Waals surface area contributed by atoms with Crippen molar-refractivity contribution in [3.8, 4) is 17.6 Å². The van der Waals surface area contributed by atoms with Crippen molar-refractivity contribution >= 4 is 68.0 Å². The average Bonchev–Trinajstić information content (AvgIpc) is 3.28. The van der Waals surface area contributed by atoms with Gasteiger partial charge in [0.1, 0.15) is 11.1 Å². The molecule has 6 nitrogen and oxygen atoms in total. The molecule has 0 bridgehead atoms. The smallest absolute Gasteiger partial charge is 0.262 e. The number of nitriles is 1. The normalized spacial score (nSPS) is 11.2. The van der Waals surface area contributed by atoms with Gasteiger partial charge in [-0.05, 0) is 61.0 Å². The lowest BCUT2D eigenvalue weighted by atomic mass is 10.1. The number of carbonyl (C=O) groups is 1. The fraction of sp³-hybridized carbons (Fsp3) is 0.115. The summed E-state index contributed by atoms with van der Waals surface area (Å²) in [6, 6.07) is 20.1. The quantitative estimate of drug-likeness (QED) is 0.249. The van der Waals surface area contributed by atoms with Crippen LogP contribution in [0.5, 0.6) is 11.5 Å². The van der Waals surface area contributed by atoms with Gasteiger partial charge in [-0.25, -0.2) is 4.98 Å². The molecule has 4 rings (SSSR count). The van der Waals surface area contributed by atoms with Gasteiger partial charge in [0, 0.05) is 5.69 Å². The van der Waals surface area contributed by atoms with Crippen molar-refractivity contribution < 1.29 is 14.3 Å². The summed E-state index contributed by atoms with van der Waals surface area (Å²) in [5.41, 5.74) is 2.56. The number of aromatic nitrogens is 1. The Balaban J connectivity index is 1.50. The maximum Gasteiger partial charge on any atom is 0.262 e. The minimum absolute atomic E-state index is 0.231. The van der Waals surface area contributed by atoms with Gasteiger partial charge >= 0.3 is 0 Å². The molecule has 1 aromatic heterocycles. The number of amides is 1. The van der Waals surface area contributed by atoms with Crippen LogP contribution in [0.25, 0.3) is 21.9 Å². The van der Waals surface area contributed by atoms with E-state index in [1.165, 1.54) is 11.3 Å². The number of hydrogen-bond donors (Lipinski definition) is 1. The summed E-state index contributed by atoms with van der Waals surface area (Å²) in [4.78, 5) is 16.9. The fourth-order valence-electron chi connectivity index (χ4n) is 3.21. The number of anilines is 1. The maximum absolute atomic E-state index is 12.3. The Hall–Kier alpha value is -3.57. The Kier molecular flexibility index (Phi) is 7.88. The van der Waals surface area contributed by atoms with E-state index in [0.717, 1.165) is 15.8 Å². The Labute approximate surface area is 216 Å². The molecule has 0 unspecified atom stereocenters. The highest BCUT2D eigenvalue weighted by molar-refractivity contribution is 7.19. The topological polar surface area (TPSA) is 84.2 Å². The van der Waals surface area contributed by atoms with Gasteiger partial charge in [-0.1, -0.05) is 41.4 Å². The molecule has 0 saturated heterocycles. The van der Waals surface area contributed by atoms with Crippen LogP contribution in [0.1, 0.15) is 17.5 Å². The van der Waals surface area contributed by atoms with Crippen LogP contribution in [0.2, 0.25) is 10.0 Å². The molecule has 1 N–H and O–H groups in total. The number of carbonyl (C=O) groups excluding carboxylic acids is 1. The molecule has 0 aliphatic rings. The molecule has 1 amide bonds. The predicted molar refractivity (Wildman–Crippen MR) is 141 cm³/mol. The van der Waals surface area contributed by atoms with Crippen molar-refractivity contribution in [1.82, 2.24) is 4.98 Å². The van der Waals surface area contributed by atoms with E-state index >= 15 is 0 Å². The van der Waals surface area contributed by atoms with Crippen molar-refractivity contribution in [1.29, 1.82) is 5.26 Å². The van der Waals surface area contributed by atoms with Crippen molar-refractivity contribution in [2.24, 2.45) is 0 Å². The molecule has 1 heterocycles. The number of para-hydroxylation sites is 1. The highest BCUT2D eigenvalue weighted by Crippen LogP contribution is 2.32. The minimum atomic E-state index is -0.364. The number of hydrogen-bond acceptors (Lipinski definition) is 6. The van der Waals surface area contributed by atoms with E-state index in [1.54, 1.807) is 42.5 Å². The first-order valence-corrected chi connectivity index (χ1v) is 12.2. The summed E-state index contributed by atoms with van der Waals surface area (Å²) in [7, 11) is 0. The number of thiazole rings is 1. The molecule has 0 aliphatic carbocycles. The van der Waals surface area contributed by atoms with Crippen molar-refractivity contribution in [3.05, 3.63) is 81.3 Å². The van der Waals surface area contributed by atoms with Crippen LogP contribution in [-0.4, -0.2) is 24.1 Å². The van der Waals surface area contributed by atoms with E-state index in [-0.39, 0.29) is 12.5 Å². The molecule has 0 aliphatic heterocycles. The minimum Gasteiger partial charge on any atom is -0.490 e. The van der Waals surface area contributed by atoms with Gasteiger partial charge < -0.3 is 14.8 Å². The molecule has 35 heavy (non-hydrogen) atoms. The first-order valence-electron chi connectivity index (χ1n) is 10.6. The van der Waals surface area contributed by atoms with E-state index < -0.39 is 0 Å². The van der Waals surface area contributed by atoms with Crippen LogP contribution in [0.3, 0.4) is 0 Å². The van der Waals surface area contributed by atoms with Gasteiger partial charge in [0.2, 0.25) is 0 Å². The molecule has 0 spiro atoms. The predicted octanol–water partition coefficient (Wildman–Crippen LogP) is 7.08. The molecular formula is C26H19Cl2N3O3S. The van der Waals surface area contributed by atoms with E-state index in [2.05, 4.69) is 16.4 Å². The van der Waals surface area contributed by atoms with Crippen LogP contribution < -0.4 is 14.8 Å². The summed E-state index contributed by atoms with van der Waals surface area (Å²) >= 11 is 13.4. The number of ether oxygens (including phenoxy) is 2. The summed E-state index contributed by atoms with van der Waals surface area (Å²) in [6.07, 6.45) is 1.75. The summed E-state index contributed by atoms with van der Waals surface area (Å²) in [6.45, 7) is 2.03. The van der Waals surface area contributed by atoms with Gasteiger partial charge in [0.15, 0.2) is 18.1 Å². The highest BCUT2D eigenvalue weighted by Gasteiger charge is 2.12. The second-order valence-electron chi connectivity index (χ2n) is 7.26. The van der Waals surface area contributed by atoms with Crippen molar-refractivity contribution in [3.63, 3.8) is 0 Å². The third kappa shape index (κ3) is 6.11. The molecule has 4 aromatic rings. The van der Waals surface area contributed by atoms with Crippen LogP contribution in [0.15, 0.2) is 60.7 Å². The lowest BCUT2D eigenvalue weighted by molar-refractivity contribution is -0.118. The largest absolute Gasteiger partial charge is 0.490 e. The number of allylic oxidation sites excluding steroid dienone is 1. The van der Waals surface area contributed by atoms with Crippen molar-refractivity contribution in [2.45, 2.75) is 6.92 Å². The highest BCUT2D eigenvalue weighted by atomic mass is 35.5. The molecule has 176 valence electrons. The van der Waals surface area contributed by atoms with Crippen LogP contribution >= 0.6 is 34.5 Å². The summed E-state index contributed by atoms with van der Waals surface area (Å²) in [5.74, 6) is 0.509. The molecular weight excluding hydrogens is 505 g/mol. The zero-order valence-electron chi connectivity index (χ0n) is 18.5. The second-order valence-corrected chi connectivity index (χ2v) is 9.11. The van der Waals surface area contributed by atoms with Gasteiger partial charge in [0.05, 0.1) is 32.4 Å². The van der Waals surface area contributed by atoms with Gasteiger partial charge in [0.25, 0.3) is 5.91 Å². The second kappa shape index (κ2) is 11.2. The molecule has 3 aromatic carbocycles. The average molecular weight is 524 g/mol. The number of halogens is 2. The van der Waals surface area contributed by atoms with Gasteiger partial charge in [-0.3, -0.25) is 4.79 Å². The zero-order valence-corrected chi connectivity index (χ0v) is 20.9. The molecule has 0 atom stereocenters. The Morgan fingerprint density at radius 1 is 1.09 bits per heavy atom. The number of nitrogens with zero attached hydrogens (tertiary/aromatic N) is 2. The van der Waals surface area contributed by atoms with Crippen LogP contribution in [-0.2, 0) is 4.79 Å². The van der Waals surface area contributed by atoms with E-state index in [1.807, 2.05) is 31.2 Å². The zero-order chi connectivity index (χ0) is 24.8. The first kappa shape index (κ1) is 24.6. The molecule has 0 saturated carbocycles. The van der Waals surface area contributed by atoms with Crippen LogP contribution in [0.4, 0.5) is 5.69 Å². The monoisotopic (exact) mass is 523 g/mol. The Morgan fingerprint density at radius 3 is 2.66 bits per heavy atom. The van der Waals surface area contributed by atoms with Crippen molar-refractivity contribution in [2.75, 3.05) is 18.5 Å². The number of nitrogens with one attached hydrogen (secondary N) is 1. The Morgan fingerprint density at radius 2 is 1.91 bits per heavy atom.